The molecule has 0 heterocycles. The van der Waals surface area contributed by atoms with Crippen molar-refractivity contribution in [3.63, 3.8) is 0 Å². The van der Waals surface area contributed by atoms with Crippen LogP contribution in [0.15, 0.2) is 12.3 Å². The zero-order valence-corrected chi connectivity index (χ0v) is 16.5. The van der Waals surface area contributed by atoms with Crippen molar-refractivity contribution in [1.29, 1.82) is 0 Å². The van der Waals surface area contributed by atoms with E-state index in [1.165, 1.54) is 32.1 Å². The van der Waals surface area contributed by atoms with Gasteiger partial charge in [0.1, 0.15) is 0 Å². The minimum absolute atomic E-state index is 0.429. The Hall–Kier alpha value is -0.540. The van der Waals surface area contributed by atoms with Crippen LogP contribution in [-0.2, 0) is 14.2 Å². The fourth-order valence-electron chi connectivity index (χ4n) is 3.13. The van der Waals surface area contributed by atoms with Crippen molar-refractivity contribution >= 4 is 0 Å². The molecule has 0 aliphatic rings. The van der Waals surface area contributed by atoms with E-state index in [9.17, 15) is 0 Å². The summed E-state index contributed by atoms with van der Waals surface area (Å²) >= 11 is 0. The van der Waals surface area contributed by atoms with Crippen molar-refractivity contribution < 1.29 is 14.2 Å². The zero-order chi connectivity index (χ0) is 17.6. The smallest absolute Gasteiger partial charge is 0.205 e. The van der Waals surface area contributed by atoms with E-state index in [1.807, 2.05) is 13.2 Å². The Balaban J connectivity index is 4.95. The van der Waals surface area contributed by atoms with Crippen molar-refractivity contribution in [3.8, 4) is 0 Å². The fraction of sp³-hybridized carbons (Fsp3) is 0.900. The number of unbranched alkanes of at least 4 members (excludes halogenated alkanes) is 5. The van der Waals surface area contributed by atoms with Gasteiger partial charge in [-0.1, -0.05) is 65.4 Å². The molecule has 0 spiro atoms. The summed E-state index contributed by atoms with van der Waals surface area (Å²) in [5.41, 5.74) is -0.429. The zero-order valence-electron chi connectivity index (χ0n) is 16.5. The standard InChI is InChI=1S/C20H40O3/c1-7-10-12-13-14-15-17-20(16-9-3,23-18-11-8-2)19(4,21-5)22-6/h11,18H,7-10,12-17H2,1-6H3. The van der Waals surface area contributed by atoms with E-state index in [2.05, 4.69) is 26.8 Å². The highest BCUT2D eigenvalue weighted by Gasteiger charge is 2.50. The molecule has 3 nitrogen and oxygen atoms in total. The quantitative estimate of drug-likeness (QED) is 0.203. The van der Waals surface area contributed by atoms with Crippen LogP contribution in [0.5, 0.6) is 0 Å². The summed E-state index contributed by atoms with van der Waals surface area (Å²) in [6.07, 6.45) is 15.4. The molecule has 1 atom stereocenters. The topological polar surface area (TPSA) is 27.7 Å². The molecular formula is C20H40O3. The van der Waals surface area contributed by atoms with Crippen LogP contribution in [0.4, 0.5) is 0 Å². The lowest BCUT2D eigenvalue weighted by Crippen LogP contribution is -2.55. The van der Waals surface area contributed by atoms with E-state index in [0.29, 0.717) is 0 Å². The second-order valence-corrected chi connectivity index (χ2v) is 6.51. The first-order chi connectivity index (χ1) is 11.1. The van der Waals surface area contributed by atoms with Crippen molar-refractivity contribution in [3.05, 3.63) is 12.3 Å². The third-order valence-electron chi connectivity index (χ3n) is 4.82. The molecule has 0 amide bonds. The van der Waals surface area contributed by atoms with Gasteiger partial charge < -0.3 is 14.2 Å². The number of hydrogen-bond acceptors (Lipinski definition) is 3. The molecule has 0 aromatic heterocycles. The summed E-state index contributed by atoms with van der Waals surface area (Å²) < 4.78 is 17.8. The molecule has 0 aromatic carbocycles. The maximum absolute atomic E-state index is 6.25. The van der Waals surface area contributed by atoms with E-state index < -0.39 is 11.4 Å². The summed E-state index contributed by atoms with van der Waals surface area (Å²) in [5.74, 6) is -0.732. The third kappa shape index (κ3) is 7.26. The Morgan fingerprint density at radius 1 is 0.783 bits per heavy atom. The van der Waals surface area contributed by atoms with Gasteiger partial charge in [0.25, 0.3) is 0 Å². The molecule has 23 heavy (non-hydrogen) atoms. The van der Waals surface area contributed by atoms with Gasteiger partial charge in [-0.05, 0) is 32.6 Å². The second-order valence-electron chi connectivity index (χ2n) is 6.51. The summed E-state index contributed by atoms with van der Waals surface area (Å²) in [6.45, 7) is 8.55. The van der Waals surface area contributed by atoms with Gasteiger partial charge in [0.2, 0.25) is 5.79 Å². The SMILES string of the molecule is CCC=COC(CCC)(CCCCCCCC)C(C)(OC)OC. The third-order valence-corrected chi connectivity index (χ3v) is 4.82. The Labute approximate surface area is 144 Å². The van der Waals surface area contributed by atoms with Gasteiger partial charge in [-0.25, -0.2) is 0 Å². The van der Waals surface area contributed by atoms with E-state index >= 15 is 0 Å². The van der Waals surface area contributed by atoms with Crippen molar-refractivity contribution in [2.75, 3.05) is 14.2 Å². The Bertz CT molecular complexity index is 297. The van der Waals surface area contributed by atoms with Crippen LogP contribution in [-0.4, -0.2) is 25.6 Å². The van der Waals surface area contributed by atoms with E-state index in [-0.39, 0.29) is 0 Å². The number of methoxy groups -OCH3 is 2. The first kappa shape index (κ1) is 22.5. The monoisotopic (exact) mass is 328 g/mol. The first-order valence-electron chi connectivity index (χ1n) is 9.48. The normalized spacial score (nSPS) is 15.0. The predicted octanol–water partition coefficient (Wildman–Crippen LogP) is 6.23. The van der Waals surface area contributed by atoms with Gasteiger partial charge in [0.15, 0.2) is 5.60 Å². The van der Waals surface area contributed by atoms with Crippen LogP contribution in [0.25, 0.3) is 0 Å². The van der Waals surface area contributed by atoms with Crippen LogP contribution < -0.4 is 0 Å². The van der Waals surface area contributed by atoms with Gasteiger partial charge >= 0.3 is 0 Å². The number of hydrogen-bond donors (Lipinski definition) is 0. The Morgan fingerprint density at radius 2 is 1.39 bits per heavy atom. The first-order valence-corrected chi connectivity index (χ1v) is 9.48. The summed E-state index contributed by atoms with van der Waals surface area (Å²) in [4.78, 5) is 0. The Morgan fingerprint density at radius 3 is 1.91 bits per heavy atom. The van der Waals surface area contributed by atoms with Crippen LogP contribution in [0.2, 0.25) is 0 Å². The molecule has 138 valence electrons. The molecule has 3 heteroatoms. The highest BCUT2D eigenvalue weighted by atomic mass is 16.7. The molecule has 0 aliphatic heterocycles. The van der Waals surface area contributed by atoms with Crippen LogP contribution >= 0.6 is 0 Å². The molecule has 0 rings (SSSR count). The summed E-state index contributed by atoms with van der Waals surface area (Å²) in [5, 5.41) is 0. The lowest BCUT2D eigenvalue weighted by Gasteiger charge is -2.45. The fourth-order valence-corrected chi connectivity index (χ4v) is 3.13. The lowest BCUT2D eigenvalue weighted by atomic mass is 9.83. The minimum atomic E-state index is -0.732. The van der Waals surface area contributed by atoms with Crippen molar-refractivity contribution in [1.82, 2.24) is 0 Å². The van der Waals surface area contributed by atoms with Gasteiger partial charge in [0, 0.05) is 14.2 Å². The van der Waals surface area contributed by atoms with Gasteiger partial charge in [0.05, 0.1) is 6.26 Å². The number of allylic oxidation sites excluding steroid dienone is 1. The molecule has 0 bridgehead atoms. The molecule has 0 N–H and O–H groups in total. The molecule has 0 saturated heterocycles. The second kappa shape index (κ2) is 12.8. The predicted molar refractivity (Wildman–Crippen MR) is 98.6 cm³/mol. The molecule has 0 aliphatic carbocycles. The number of rotatable bonds is 15. The molecule has 0 radical (unpaired) electrons. The molecule has 0 saturated carbocycles. The van der Waals surface area contributed by atoms with Crippen LogP contribution in [0.1, 0.15) is 91.9 Å². The van der Waals surface area contributed by atoms with E-state index in [1.54, 1.807) is 14.2 Å². The lowest BCUT2D eigenvalue weighted by molar-refractivity contribution is -0.296. The van der Waals surface area contributed by atoms with E-state index in [4.69, 9.17) is 14.2 Å². The van der Waals surface area contributed by atoms with Gasteiger partial charge in [-0.15, -0.1) is 0 Å². The average Bonchev–Trinajstić information content (AvgIpc) is 2.57. The largest absolute Gasteiger partial charge is 0.490 e. The summed E-state index contributed by atoms with van der Waals surface area (Å²) in [7, 11) is 3.42. The van der Waals surface area contributed by atoms with Gasteiger partial charge in [-0.3, -0.25) is 0 Å². The van der Waals surface area contributed by atoms with Crippen molar-refractivity contribution in [2.24, 2.45) is 0 Å². The highest BCUT2D eigenvalue weighted by molar-refractivity contribution is 4.96. The minimum Gasteiger partial charge on any atom is -0.490 e. The highest BCUT2D eigenvalue weighted by Crippen LogP contribution is 2.39. The van der Waals surface area contributed by atoms with Crippen LogP contribution in [0.3, 0.4) is 0 Å². The Kier molecular flexibility index (Phi) is 12.5. The van der Waals surface area contributed by atoms with Crippen molar-refractivity contribution in [2.45, 2.75) is 103 Å². The molecule has 0 aromatic rings. The van der Waals surface area contributed by atoms with Gasteiger partial charge in [-0.2, -0.15) is 0 Å². The molecule has 1 unspecified atom stereocenters. The van der Waals surface area contributed by atoms with E-state index in [0.717, 1.165) is 32.1 Å². The summed E-state index contributed by atoms with van der Waals surface area (Å²) in [6, 6.07) is 0. The maximum Gasteiger partial charge on any atom is 0.205 e. The maximum atomic E-state index is 6.25. The number of ether oxygens (including phenoxy) is 3. The molecular weight excluding hydrogens is 288 g/mol. The average molecular weight is 329 g/mol. The van der Waals surface area contributed by atoms with Crippen LogP contribution in [0, 0.1) is 0 Å². The molecule has 0 fully saturated rings.